The van der Waals surface area contributed by atoms with Crippen molar-refractivity contribution in [1.82, 2.24) is 0 Å². The van der Waals surface area contributed by atoms with E-state index < -0.39 is 21.2 Å². The van der Waals surface area contributed by atoms with Gasteiger partial charge in [0.05, 0.1) is 5.75 Å². The van der Waals surface area contributed by atoms with E-state index in [0.29, 0.717) is 6.42 Å². The van der Waals surface area contributed by atoms with E-state index in [1.807, 2.05) is 0 Å². The fourth-order valence-electron chi connectivity index (χ4n) is 0.510. The van der Waals surface area contributed by atoms with Crippen LogP contribution < -0.4 is 0 Å². The molecule has 0 aromatic heterocycles. The van der Waals surface area contributed by atoms with Crippen molar-refractivity contribution in [3.05, 3.63) is 0 Å². The van der Waals surface area contributed by atoms with Gasteiger partial charge in [0.15, 0.2) is 11.1 Å². The number of unbranched alkanes of at least 4 members (excludes halogenated alkanes) is 1. The Hall–Kier alpha value is 0.0200. The van der Waals surface area contributed by atoms with E-state index in [9.17, 15) is 12.6 Å². The van der Waals surface area contributed by atoms with Crippen LogP contribution in [0.15, 0.2) is 0 Å². The molecule has 0 fully saturated rings. The van der Waals surface area contributed by atoms with Crippen LogP contribution in [0.3, 0.4) is 0 Å². The maximum atomic E-state index is 10.1. The van der Waals surface area contributed by atoms with Crippen LogP contribution in [0.1, 0.15) is 12.8 Å². The van der Waals surface area contributed by atoms with Crippen LogP contribution in [0.4, 0.5) is 0 Å². The minimum atomic E-state index is -3.90. The van der Waals surface area contributed by atoms with Crippen molar-refractivity contribution in [2.45, 2.75) is 12.8 Å². The van der Waals surface area contributed by atoms with Gasteiger partial charge in [0, 0.05) is 5.75 Å². The average molecular weight is 202 g/mol. The highest BCUT2D eigenvalue weighted by Crippen LogP contribution is 1.94. The number of hydrogen-bond acceptors (Lipinski definition) is 3. The minimum absolute atomic E-state index is 0.0511. The third-order valence-corrected chi connectivity index (χ3v) is 2.41. The molecule has 11 heavy (non-hydrogen) atoms. The molecule has 0 heterocycles. The van der Waals surface area contributed by atoms with Gasteiger partial charge in [-0.2, -0.15) is 8.42 Å². The molecule has 0 radical (unpaired) electrons. The van der Waals surface area contributed by atoms with E-state index in [2.05, 4.69) is 0 Å². The first kappa shape index (κ1) is 11.0. The topological polar surface area (TPSA) is 91.7 Å². The van der Waals surface area contributed by atoms with Crippen LogP contribution in [0, 0.1) is 0 Å². The lowest BCUT2D eigenvalue weighted by Gasteiger charge is -1.94. The summed E-state index contributed by atoms with van der Waals surface area (Å²) in [7, 11) is -3.90. The lowest BCUT2D eigenvalue weighted by molar-refractivity contribution is 0.480. The summed E-state index contributed by atoms with van der Waals surface area (Å²) in [6, 6.07) is 0. The Labute approximate surface area is 67.8 Å². The second kappa shape index (κ2) is 4.81. The molecule has 2 N–H and O–H groups in total. The maximum absolute atomic E-state index is 10.1. The minimum Gasteiger partial charge on any atom is -0.306 e. The zero-order valence-corrected chi connectivity index (χ0v) is 7.40. The van der Waals surface area contributed by atoms with E-state index >= 15 is 0 Å². The molecule has 0 saturated heterocycles. The smallest absolute Gasteiger partial charge is 0.264 e. The molecule has 68 valence electrons. The molecule has 1 atom stereocenters. The van der Waals surface area contributed by atoms with Crippen molar-refractivity contribution < 1.29 is 21.7 Å². The summed E-state index contributed by atoms with van der Waals surface area (Å²) < 4.78 is 46.7. The molecule has 5 nitrogen and oxygen atoms in total. The highest BCUT2D eigenvalue weighted by atomic mass is 32.2. The number of rotatable bonds is 5. The summed E-state index contributed by atoms with van der Waals surface area (Å²) in [5, 5.41) is 0. The molecular weight excluding hydrogens is 192 g/mol. The van der Waals surface area contributed by atoms with Crippen molar-refractivity contribution in [3.8, 4) is 0 Å². The Bertz CT molecular complexity index is 219. The Morgan fingerprint density at radius 1 is 1.27 bits per heavy atom. The zero-order chi connectivity index (χ0) is 8.91. The lowest BCUT2D eigenvalue weighted by atomic mass is 10.4. The first-order valence-electron chi connectivity index (χ1n) is 2.94. The second-order valence-electron chi connectivity index (χ2n) is 2.02. The quantitative estimate of drug-likeness (QED) is 0.368. The van der Waals surface area contributed by atoms with Crippen LogP contribution in [0.2, 0.25) is 0 Å². The summed E-state index contributed by atoms with van der Waals surface area (Å²) >= 11 is -1.87. The fourth-order valence-corrected chi connectivity index (χ4v) is 1.53. The van der Waals surface area contributed by atoms with E-state index in [4.69, 9.17) is 9.11 Å². The molecule has 0 amide bonds. The van der Waals surface area contributed by atoms with Crippen LogP contribution in [-0.2, 0) is 21.2 Å². The van der Waals surface area contributed by atoms with Crippen molar-refractivity contribution >= 4 is 21.2 Å². The summed E-state index contributed by atoms with van der Waals surface area (Å²) in [4.78, 5) is 0. The molecule has 0 aliphatic heterocycles. The molecule has 0 bridgehead atoms. The van der Waals surface area contributed by atoms with Gasteiger partial charge >= 0.3 is 0 Å². The van der Waals surface area contributed by atoms with Crippen LogP contribution >= 0.6 is 0 Å². The average Bonchev–Trinajstić information content (AvgIpc) is 1.78. The highest BCUT2D eigenvalue weighted by molar-refractivity contribution is 7.85. The van der Waals surface area contributed by atoms with Crippen LogP contribution in [0.5, 0.6) is 0 Å². The standard InChI is InChI=1S/C4H10O5S2/c5-10(6)3-1-2-4-11(7,8)9/h1-4H2,(H,5,6)(H,7,8,9). The van der Waals surface area contributed by atoms with Gasteiger partial charge < -0.3 is 4.55 Å². The molecular formula is C4H10O5S2. The van der Waals surface area contributed by atoms with Gasteiger partial charge in [-0.1, -0.05) is 0 Å². The molecule has 0 aromatic rings. The predicted octanol–water partition coefficient (Wildman–Crippen LogP) is -0.124. The Kier molecular flexibility index (Phi) is 4.82. The van der Waals surface area contributed by atoms with Gasteiger partial charge in [-0.25, -0.2) is 4.21 Å². The van der Waals surface area contributed by atoms with Crippen molar-refractivity contribution in [1.29, 1.82) is 0 Å². The van der Waals surface area contributed by atoms with Crippen molar-refractivity contribution in [2.24, 2.45) is 0 Å². The summed E-state index contributed by atoms with van der Waals surface area (Å²) in [6.07, 6.45) is 0.536. The molecule has 0 aromatic carbocycles. The Morgan fingerprint density at radius 3 is 2.18 bits per heavy atom. The van der Waals surface area contributed by atoms with Gasteiger partial charge in [-0.15, -0.1) is 0 Å². The summed E-state index contributed by atoms with van der Waals surface area (Å²) in [5.74, 6) is -0.292. The lowest BCUT2D eigenvalue weighted by Crippen LogP contribution is -2.05. The van der Waals surface area contributed by atoms with Crippen molar-refractivity contribution in [3.63, 3.8) is 0 Å². The third kappa shape index (κ3) is 10.0. The maximum Gasteiger partial charge on any atom is 0.264 e. The molecule has 0 spiro atoms. The summed E-state index contributed by atoms with van der Waals surface area (Å²) in [6.45, 7) is 0. The van der Waals surface area contributed by atoms with E-state index in [1.54, 1.807) is 0 Å². The molecule has 0 aliphatic carbocycles. The zero-order valence-electron chi connectivity index (χ0n) is 5.76. The van der Waals surface area contributed by atoms with E-state index in [1.165, 1.54) is 0 Å². The van der Waals surface area contributed by atoms with Gasteiger partial charge in [0.25, 0.3) is 10.1 Å². The largest absolute Gasteiger partial charge is 0.306 e. The molecule has 0 saturated carbocycles. The first-order valence-corrected chi connectivity index (χ1v) is 5.83. The Balaban J connectivity index is 3.37. The fraction of sp³-hybridized carbons (Fsp3) is 1.00. The summed E-state index contributed by atoms with van der Waals surface area (Å²) in [5.41, 5.74) is 0. The Morgan fingerprint density at radius 2 is 1.82 bits per heavy atom. The number of hydrogen-bond donors (Lipinski definition) is 2. The normalized spacial score (nSPS) is 14.7. The highest BCUT2D eigenvalue weighted by Gasteiger charge is 2.03. The third-order valence-electron chi connectivity index (χ3n) is 0.971. The predicted molar refractivity (Wildman–Crippen MR) is 41.3 cm³/mol. The van der Waals surface area contributed by atoms with Gasteiger partial charge in [-0.3, -0.25) is 4.55 Å². The first-order chi connectivity index (χ1) is 4.92. The second-order valence-corrected chi connectivity index (χ2v) is 4.64. The van der Waals surface area contributed by atoms with Crippen LogP contribution in [-0.4, -0.2) is 33.2 Å². The van der Waals surface area contributed by atoms with Crippen molar-refractivity contribution in [2.75, 3.05) is 11.5 Å². The van der Waals surface area contributed by atoms with Crippen LogP contribution in [0.25, 0.3) is 0 Å². The van der Waals surface area contributed by atoms with E-state index in [-0.39, 0.29) is 17.9 Å². The molecule has 1 unspecified atom stereocenters. The van der Waals surface area contributed by atoms with Gasteiger partial charge in [0.1, 0.15) is 0 Å². The molecule has 7 heteroatoms. The monoisotopic (exact) mass is 202 g/mol. The SMILES string of the molecule is O=S(O)CCCCS(=O)(=O)O. The van der Waals surface area contributed by atoms with Gasteiger partial charge in [-0.05, 0) is 12.8 Å². The molecule has 0 aliphatic rings. The van der Waals surface area contributed by atoms with Gasteiger partial charge in [0.2, 0.25) is 0 Å². The van der Waals surface area contributed by atoms with E-state index in [0.717, 1.165) is 0 Å². The molecule has 0 rings (SSSR count).